The molecule has 1 atom stereocenters. The van der Waals surface area contributed by atoms with Crippen LogP contribution in [0.5, 0.6) is 5.75 Å². The first-order valence-corrected chi connectivity index (χ1v) is 8.31. The molecule has 0 bridgehead atoms. The molecule has 0 fully saturated rings. The Morgan fingerprint density at radius 2 is 2.04 bits per heavy atom. The molecule has 0 radical (unpaired) electrons. The van der Waals surface area contributed by atoms with Crippen molar-refractivity contribution in [1.82, 2.24) is 10.6 Å². The van der Waals surface area contributed by atoms with Crippen LogP contribution in [0.4, 0.5) is 8.78 Å². The fraction of sp³-hybridized carbons (Fsp3) is 0.263. The van der Waals surface area contributed by atoms with E-state index in [0.717, 1.165) is 11.6 Å². The summed E-state index contributed by atoms with van der Waals surface area (Å²) in [6, 6.07) is 10.2. The van der Waals surface area contributed by atoms with E-state index in [1.165, 1.54) is 12.1 Å². The lowest BCUT2D eigenvalue weighted by atomic mass is 10.1. The van der Waals surface area contributed by atoms with Crippen LogP contribution in [0.2, 0.25) is 0 Å². The van der Waals surface area contributed by atoms with Gasteiger partial charge >= 0.3 is 0 Å². The van der Waals surface area contributed by atoms with E-state index in [1.54, 1.807) is 32.2 Å². The summed E-state index contributed by atoms with van der Waals surface area (Å²) in [5, 5.41) is 6.16. The van der Waals surface area contributed by atoms with Crippen molar-refractivity contribution < 1.29 is 18.3 Å². The summed E-state index contributed by atoms with van der Waals surface area (Å²) in [4.78, 5) is 14.9. The largest absolute Gasteiger partial charge is 0.484 e. The quantitative estimate of drug-likeness (QED) is 0.511. The fourth-order valence-electron chi connectivity index (χ4n) is 2.42. The highest BCUT2D eigenvalue weighted by molar-refractivity contribution is 5.80. The van der Waals surface area contributed by atoms with Gasteiger partial charge in [-0.15, -0.1) is 0 Å². The Labute approximate surface area is 156 Å². The van der Waals surface area contributed by atoms with Crippen LogP contribution in [-0.2, 0) is 11.3 Å². The standard InChI is InChI=1S/C19H22F2N4O2/c1-12(16-7-6-14(20)9-17(16)21)25-19(23-2)24-10-13-4-3-5-15(8-13)27-11-18(22)26/h3-9,12H,10-11H2,1-2H3,(H2,22,26)(H2,23,24,25). The summed E-state index contributed by atoms with van der Waals surface area (Å²) >= 11 is 0. The van der Waals surface area contributed by atoms with Gasteiger partial charge in [0.2, 0.25) is 0 Å². The minimum absolute atomic E-state index is 0.194. The van der Waals surface area contributed by atoms with E-state index in [9.17, 15) is 13.6 Å². The van der Waals surface area contributed by atoms with Crippen molar-refractivity contribution >= 4 is 11.9 Å². The topological polar surface area (TPSA) is 88.7 Å². The van der Waals surface area contributed by atoms with Crippen LogP contribution in [0.1, 0.15) is 24.1 Å². The smallest absolute Gasteiger partial charge is 0.255 e. The Morgan fingerprint density at radius 1 is 1.26 bits per heavy atom. The Bertz CT molecular complexity index is 827. The average molecular weight is 376 g/mol. The van der Waals surface area contributed by atoms with E-state index < -0.39 is 23.6 Å². The highest BCUT2D eigenvalue weighted by atomic mass is 19.1. The Hall–Kier alpha value is -3.16. The summed E-state index contributed by atoms with van der Waals surface area (Å²) in [5.41, 5.74) is 6.28. The number of carbonyl (C=O) groups is 1. The van der Waals surface area contributed by atoms with Gasteiger partial charge in [0.25, 0.3) is 5.91 Å². The fourth-order valence-corrected chi connectivity index (χ4v) is 2.42. The van der Waals surface area contributed by atoms with Crippen molar-refractivity contribution in [2.24, 2.45) is 10.7 Å². The minimum atomic E-state index is -0.621. The third-order valence-electron chi connectivity index (χ3n) is 3.75. The van der Waals surface area contributed by atoms with E-state index >= 15 is 0 Å². The van der Waals surface area contributed by atoms with Gasteiger partial charge < -0.3 is 21.1 Å². The van der Waals surface area contributed by atoms with Gasteiger partial charge in [-0.25, -0.2) is 8.78 Å². The van der Waals surface area contributed by atoms with Gasteiger partial charge in [0.05, 0.1) is 6.04 Å². The van der Waals surface area contributed by atoms with Crippen LogP contribution in [-0.4, -0.2) is 25.5 Å². The van der Waals surface area contributed by atoms with E-state index in [-0.39, 0.29) is 6.61 Å². The molecule has 0 spiro atoms. The monoisotopic (exact) mass is 376 g/mol. The van der Waals surface area contributed by atoms with Crippen LogP contribution in [0.15, 0.2) is 47.5 Å². The molecule has 0 aliphatic carbocycles. The summed E-state index contributed by atoms with van der Waals surface area (Å²) < 4.78 is 32.2. The van der Waals surface area contributed by atoms with Gasteiger partial charge in [-0.3, -0.25) is 9.79 Å². The molecule has 27 heavy (non-hydrogen) atoms. The molecule has 6 nitrogen and oxygen atoms in total. The molecule has 8 heteroatoms. The Morgan fingerprint density at radius 3 is 2.70 bits per heavy atom. The second kappa shape index (κ2) is 9.51. The highest BCUT2D eigenvalue weighted by Crippen LogP contribution is 2.17. The number of benzene rings is 2. The van der Waals surface area contributed by atoms with E-state index in [1.807, 2.05) is 6.07 Å². The number of ether oxygens (including phenoxy) is 1. The molecular weight excluding hydrogens is 354 g/mol. The van der Waals surface area contributed by atoms with Crippen molar-refractivity contribution in [3.05, 3.63) is 65.2 Å². The lowest BCUT2D eigenvalue weighted by molar-refractivity contribution is -0.119. The lowest BCUT2D eigenvalue weighted by Crippen LogP contribution is -2.38. The molecule has 0 saturated heterocycles. The number of nitrogens with two attached hydrogens (primary N) is 1. The van der Waals surface area contributed by atoms with E-state index in [0.29, 0.717) is 23.8 Å². The van der Waals surface area contributed by atoms with Crippen molar-refractivity contribution in [2.75, 3.05) is 13.7 Å². The summed E-state index contributed by atoms with van der Waals surface area (Å²) in [6.07, 6.45) is 0. The van der Waals surface area contributed by atoms with Crippen molar-refractivity contribution in [3.63, 3.8) is 0 Å². The van der Waals surface area contributed by atoms with E-state index in [4.69, 9.17) is 10.5 Å². The Balaban J connectivity index is 1.95. The molecule has 0 aromatic heterocycles. The number of nitrogens with one attached hydrogen (secondary N) is 2. The molecule has 1 amide bonds. The minimum Gasteiger partial charge on any atom is -0.484 e. The zero-order valence-corrected chi connectivity index (χ0v) is 15.1. The zero-order valence-electron chi connectivity index (χ0n) is 15.1. The van der Waals surface area contributed by atoms with Gasteiger partial charge in [-0.1, -0.05) is 18.2 Å². The van der Waals surface area contributed by atoms with Crippen LogP contribution >= 0.6 is 0 Å². The first-order chi connectivity index (χ1) is 12.9. The second-order valence-corrected chi connectivity index (χ2v) is 5.86. The summed E-state index contributed by atoms with van der Waals surface area (Å²) in [6.45, 7) is 1.98. The first kappa shape index (κ1) is 20.2. The van der Waals surface area contributed by atoms with Crippen LogP contribution in [0.3, 0.4) is 0 Å². The molecule has 0 aliphatic heterocycles. The highest BCUT2D eigenvalue weighted by Gasteiger charge is 2.13. The molecule has 2 aromatic rings. The van der Waals surface area contributed by atoms with Crippen molar-refractivity contribution in [3.8, 4) is 5.75 Å². The molecule has 1 unspecified atom stereocenters. The third-order valence-corrected chi connectivity index (χ3v) is 3.75. The number of amides is 1. The molecule has 2 aromatic carbocycles. The number of carbonyl (C=O) groups excluding carboxylic acids is 1. The number of hydrogen-bond acceptors (Lipinski definition) is 3. The van der Waals surface area contributed by atoms with Crippen molar-refractivity contribution in [2.45, 2.75) is 19.5 Å². The maximum atomic E-state index is 13.9. The SMILES string of the molecule is CN=C(NCc1cccc(OCC(N)=O)c1)NC(C)c1ccc(F)cc1F. The van der Waals surface area contributed by atoms with Gasteiger partial charge in [0, 0.05) is 25.2 Å². The van der Waals surface area contributed by atoms with Crippen LogP contribution in [0.25, 0.3) is 0 Å². The molecule has 0 aliphatic rings. The molecule has 2 rings (SSSR count). The maximum Gasteiger partial charge on any atom is 0.255 e. The van der Waals surface area contributed by atoms with Gasteiger partial charge in [0.15, 0.2) is 12.6 Å². The normalized spacial score (nSPS) is 12.4. The number of primary amides is 1. The molecular formula is C19H22F2N4O2. The first-order valence-electron chi connectivity index (χ1n) is 8.31. The number of nitrogens with zero attached hydrogens (tertiary/aromatic N) is 1. The van der Waals surface area contributed by atoms with Gasteiger partial charge in [-0.05, 0) is 30.7 Å². The van der Waals surface area contributed by atoms with Crippen LogP contribution < -0.4 is 21.1 Å². The molecule has 0 heterocycles. The second-order valence-electron chi connectivity index (χ2n) is 5.86. The average Bonchev–Trinajstić information content (AvgIpc) is 2.63. The lowest BCUT2D eigenvalue weighted by Gasteiger charge is -2.19. The third kappa shape index (κ3) is 6.25. The predicted octanol–water partition coefficient (Wildman–Crippen LogP) is 2.26. The summed E-state index contributed by atoms with van der Waals surface area (Å²) in [5.74, 6) is -0.813. The maximum absolute atomic E-state index is 13.9. The predicted molar refractivity (Wildman–Crippen MR) is 99.2 cm³/mol. The summed E-state index contributed by atoms with van der Waals surface area (Å²) in [7, 11) is 1.59. The number of guanidine groups is 1. The molecule has 0 saturated carbocycles. The molecule has 144 valence electrons. The van der Waals surface area contributed by atoms with Gasteiger partial charge in [0.1, 0.15) is 17.4 Å². The van der Waals surface area contributed by atoms with Gasteiger partial charge in [-0.2, -0.15) is 0 Å². The number of halogens is 2. The Kier molecular flexibility index (Phi) is 7.10. The molecule has 4 N–H and O–H groups in total. The van der Waals surface area contributed by atoms with Crippen LogP contribution in [0, 0.1) is 11.6 Å². The van der Waals surface area contributed by atoms with E-state index in [2.05, 4.69) is 15.6 Å². The van der Waals surface area contributed by atoms with Crippen molar-refractivity contribution in [1.29, 1.82) is 0 Å². The number of aliphatic imine (C=N–C) groups is 1. The number of hydrogen-bond donors (Lipinski definition) is 3. The zero-order chi connectivity index (χ0) is 19.8. The number of rotatable bonds is 7.